The largest absolute Gasteiger partial charge is 0.474 e. The van der Waals surface area contributed by atoms with E-state index in [1.807, 2.05) is 6.92 Å². The summed E-state index contributed by atoms with van der Waals surface area (Å²) < 4.78 is 4.37. The van der Waals surface area contributed by atoms with Crippen molar-refractivity contribution in [1.82, 2.24) is 0 Å². The molecule has 0 N–H and O–H groups in total. The molecule has 0 saturated carbocycles. The molecule has 44 valence electrons. The fourth-order valence-electron chi connectivity index (χ4n) is 0.203. The van der Waals surface area contributed by atoms with Crippen LogP contribution in [0, 0.1) is 0 Å². The van der Waals surface area contributed by atoms with Gasteiger partial charge >= 0.3 is 0 Å². The van der Waals surface area contributed by atoms with Crippen molar-refractivity contribution < 1.29 is 9.53 Å². The topological polar surface area (TPSA) is 26.3 Å². The van der Waals surface area contributed by atoms with E-state index >= 15 is 0 Å². The summed E-state index contributed by atoms with van der Waals surface area (Å²) in [6.45, 7) is 2.09. The second-order valence-corrected chi connectivity index (χ2v) is 2.36. The maximum Gasteiger partial charge on any atom is 0.235 e. The number of carbonyl (C=O) groups excluding carboxylic acids is 1. The first-order valence-electron chi connectivity index (χ1n) is 2.23. The standard InChI is InChI=1S/C4H7BO2S/c1-3(8)2-7-4(5)6/h3,8H,2H2,1H3. The Morgan fingerprint density at radius 1 is 2.00 bits per heavy atom. The Morgan fingerprint density at radius 2 is 2.50 bits per heavy atom. The third-order valence-corrected chi connectivity index (χ3v) is 0.616. The summed E-state index contributed by atoms with van der Waals surface area (Å²) in [5.74, 6) is -0.745. The van der Waals surface area contributed by atoms with Gasteiger partial charge in [0.15, 0.2) is 0 Å². The predicted octanol–water partition coefficient (Wildman–Crippen LogP) is 0.610. The molecule has 2 radical (unpaired) electrons. The van der Waals surface area contributed by atoms with Crippen molar-refractivity contribution in [2.45, 2.75) is 12.2 Å². The van der Waals surface area contributed by atoms with E-state index in [0.29, 0.717) is 0 Å². The maximum absolute atomic E-state index is 9.87. The molecule has 1 atom stereocenters. The van der Waals surface area contributed by atoms with Gasteiger partial charge in [0.2, 0.25) is 13.7 Å². The molecule has 0 heterocycles. The molecule has 0 amide bonds. The highest BCUT2D eigenvalue weighted by Gasteiger charge is 1.95. The molecule has 0 spiro atoms. The molecule has 0 fully saturated rings. The molecular weight excluding hydrogens is 123 g/mol. The highest BCUT2D eigenvalue weighted by molar-refractivity contribution is 7.80. The molecule has 0 bridgehead atoms. The molecular formula is C4H7BO2S. The minimum absolute atomic E-state index is 0.0579. The zero-order valence-corrected chi connectivity index (χ0v) is 5.52. The van der Waals surface area contributed by atoms with Gasteiger partial charge in [0.25, 0.3) is 0 Å². The van der Waals surface area contributed by atoms with Gasteiger partial charge in [-0.15, -0.1) is 0 Å². The summed E-state index contributed by atoms with van der Waals surface area (Å²) in [7, 11) is 4.65. The Morgan fingerprint density at radius 3 is 2.62 bits per heavy atom. The molecule has 4 heteroatoms. The highest BCUT2D eigenvalue weighted by atomic mass is 32.1. The molecule has 0 aromatic rings. The quantitative estimate of drug-likeness (QED) is 0.437. The monoisotopic (exact) mass is 130 g/mol. The summed E-state index contributed by atoms with van der Waals surface area (Å²) in [6, 6.07) is 0. The predicted molar refractivity (Wildman–Crippen MR) is 35.6 cm³/mol. The summed E-state index contributed by atoms with van der Waals surface area (Å²) in [6.07, 6.45) is 0. The van der Waals surface area contributed by atoms with Crippen molar-refractivity contribution in [3.05, 3.63) is 0 Å². The van der Waals surface area contributed by atoms with Crippen LogP contribution in [-0.2, 0) is 4.74 Å². The average Bonchev–Trinajstić information content (AvgIpc) is 1.61. The molecule has 0 aliphatic carbocycles. The third kappa shape index (κ3) is 5.88. The Labute approximate surface area is 55.4 Å². The van der Waals surface area contributed by atoms with Crippen LogP contribution in [0.15, 0.2) is 0 Å². The Hall–Kier alpha value is -0.115. The lowest BCUT2D eigenvalue weighted by atomic mass is 10.2. The molecule has 0 rings (SSSR count). The highest BCUT2D eigenvalue weighted by Crippen LogP contribution is 1.91. The summed E-state index contributed by atoms with van der Waals surface area (Å²) in [5.41, 5.74) is 0. The van der Waals surface area contributed by atoms with Crippen LogP contribution in [0.1, 0.15) is 6.92 Å². The smallest absolute Gasteiger partial charge is 0.235 e. The van der Waals surface area contributed by atoms with E-state index in [2.05, 4.69) is 25.2 Å². The van der Waals surface area contributed by atoms with E-state index in [4.69, 9.17) is 0 Å². The molecule has 1 unspecified atom stereocenters. The SMILES string of the molecule is [B]C(=O)OCC(C)S. The Bertz CT molecular complexity index is 84.1. The fourth-order valence-corrected chi connectivity index (χ4v) is 0.277. The second kappa shape index (κ2) is 3.84. The second-order valence-electron chi connectivity index (χ2n) is 1.48. The number of rotatable bonds is 2. The molecule has 8 heavy (non-hydrogen) atoms. The molecule has 0 aliphatic heterocycles. The van der Waals surface area contributed by atoms with Gasteiger partial charge in [-0.25, -0.2) is 0 Å². The van der Waals surface area contributed by atoms with E-state index in [0.717, 1.165) is 0 Å². The minimum atomic E-state index is -0.745. The first kappa shape index (κ1) is 7.88. The zero-order valence-electron chi connectivity index (χ0n) is 4.63. The molecule has 0 aromatic heterocycles. The first-order valence-corrected chi connectivity index (χ1v) is 2.75. The zero-order chi connectivity index (χ0) is 6.57. The fraction of sp³-hybridized carbons (Fsp3) is 0.750. The molecule has 0 aromatic carbocycles. The van der Waals surface area contributed by atoms with E-state index in [1.54, 1.807) is 0 Å². The first-order chi connectivity index (χ1) is 3.63. The van der Waals surface area contributed by atoms with Gasteiger partial charge in [0.1, 0.15) is 6.61 Å². The number of ether oxygens (including phenoxy) is 1. The van der Waals surface area contributed by atoms with E-state index in [9.17, 15) is 4.79 Å². The lowest BCUT2D eigenvalue weighted by molar-refractivity contribution is 0.175. The van der Waals surface area contributed by atoms with Crippen molar-refractivity contribution >= 4 is 26.3 Å². The third-order valence-electron chi connectivity index (χ3n) is 0.467. The van der Waals surface area contributed by atoms with Crippen molar-refractivity contribution in [1.29, 1.82) is 0 Å². The van der Waals surface area contributed by atoms with Crippen molar-refractivity contribution in [3.8, 4) is 0 Å². The van der Waals surface area contributed by atoms with Crippen LogP contribution in [0.5, 0.6) is 0 Å². The van der Waals surface area contributed by atoms with Crippen LogP contribution >= 0.6 is 12.6 Å². The Balaban J connectivity index is 3.05. The van der Waals surface area contributed by atoms with Crippen LogP contribution < -0.4 is 0 Å². The average molecular weight is 130 g/mol. The molecule has 0 aliphatic rings. The normalized spacial score (nSPS) is 12.8. The van der Waals surface area contributed by atoms with Gasteiger partial charge in [0.05, 0.1) is 0 Å². The van der Waals surface area contributed by atoms with Gasteiger partial charge in [0, 0.05) is 5.25 Å². The van der Waals surface area contributed by atoms with Gasteiger partial charge in [-0.2, -0.15) is 12.6 Å². The van der Waals surface area contributed by atoms with Gasteiger partial charge in [-0.05, 0) is 0 Å². The van der Waals surface area contributed by atoms with Crippen LogP contribution in [0.25, 0.3) is 0 Å². The lowest BCUT2D eigenvalue weighted by Gasteiger charge is -2.02. The van der Waals surface area contributed by atoms with Crippen LogP contribution in [-0.4, -0.2) is 25.6 Å². The maximum atomic E-state index is 9.87. The summed E-state index contributed by atoms with van der Waals surface area (Å²) in [5, 5.41) is 0.0579. The molecule has 2 nitrogen and oxygen atoms in total. The minimum Gasteiger partial charge on any atom is -0.474 e. The van der Waals surface area contributed by atoms with Crippen LogP contribution in [0.4, 0.5) is 4.79 Å². The van der Waals surface area contributed by atoms with Crippen molar-refractivity contribution in [2.24, 2.45) is 0 Å². The summed E-state index contributed by atoms with van der Waals surface area (Å²) in [4.78, 5) is 9.87. The van der Waals surface area contributed by atoms with Crippen molar-refractivity contribution in [2.75, 3.05) is 6.61 Å². The van der Waals surface area contributed by atoms with Gasteiger partial charge in [-0.3, -0.25) is 4.79 Å². The van der Waals surface area contributed by atoms with Crippen molar-refractivity contribution in [3.63, 3.8) is 0 Å². The van der Waals surface area contributed by atoms with E-state index < -0.39 is 5.87 Å². The Kier molecular flexibility index (Phi) is 3.78. The summed E-state index contributed by atoms with van der Waals surface area (Å²) >= 11 is 3.94. The van der Waals surface area contributed by atoms with Gasteiger partial charge < -0.3 is 4.74 Å². The van der Waals surface area contributed by atoms with E-state index in [1.165, 1.54) is 0 Å². The number of hydrogen-bond acceptors (Lipinski definition) is 3. The lowest BCUT2D eigenvalue weighted by Crippen LogP contribution is -2.09. The van der Waals surface area contributed by atoms with E-state index in [-0.39, 0.29) is 11.9 Å². The number of thiol groups is 1. The van der Waals surface area contributed by atoms with Gasteiger partial charge in [-0.1, -0.05) is 6.92 Å². The number of carbonyl (C=O) groups is 1. The number of hydrogen-bond donors (Lipinski definition) is 1. The van der Waals surface area contributed by atoms with Crippen LogP contribution in [0.2, 0.25) is 0 Å². The van der Waals surface area contributed by atoms with Crippen LogP contribution in [0.3, 0.4) is 0 Å². The molecule has 0 saturated heterocycles.